The van der Waals surface area contributed by atoms with Gasteiger partial charge in [-0.2, -0.15) is 0 Å². The molecule has 1 heterocycles. The molecule has 3 heteroatoms. The van der Waals surface area contributed by atoms with E-state index >= 15 is 0 Å². The van der Waals surface area contributed by atoms with Crippen LogP contribution in [0.15, 0.2) is 0 Å². The van der Waals surface area contributed by atoms with E-state index in [1.165, 1.54) is 32.1 Å². The minimum atomic E-state index is 0.382. The van der Waals surface area contributed by atoms with Gasteiger partial charge < -0.3 is 10.2 Å². The summed E-state index contributed by atoms with van der Waals surface area (Å²) < 4.78 is 0. The standard InChI is InChI=1S/C14H24N2O/c1-15-8-10-3-2-4-16(9-10)14(17)13-6-11-5-12(11)7-13/h10-13,15H,2-9H2,1H3. The van der Waals surface area contributed by atoms with Gasteiger partial charge in [0.2, 0.25) is 5.91 Å². The Morgan fingerprint density at radius 3 is 2.76 bits per heavy atom. The van der Waals surface area contributed by atoms with Gasteiger partial charge in [0.1, 0.15) is 0 Å². The van der Waals surface area contributed by atoms with Crippen molar-refractivity contribution in [2.75, 3.05) is 26.7 Å². The summed E-state index contributed by atoms with van der Waals surface area (Å²) in [4.78, 5) is 14.6. The van der Waals surface area contributed by atoms with Crippen molar-refractivity contribution >= 4 is 5.91 Å². The monoisotopic (exact) mass is 236 g/mol. The Balaban J connectivity index is 1.54. The summed E-state index contributed by atoms with van der Waals surface area (Å²) in [5.41, 5.74) is 0. The molecule has 1 N–H and O–H groups in total. The Morgan fingerprint density at radius 2 is 2.06 bits per heavy atom. The second-order valence-corrected chi connectivity index (χ2v) is 6.27. The lowest BCUT2D eigenvalue weighted by atomic mass is 9.95. The molecule has 3 nitrogen and oxygen atoms in total. The zero-order chi connectivity index (χ0) is 11.8. The molecule has 0 spiro atoms. The predicted octanol–water partition coefficient (Wildman–Crippen LogP) is 1.49. The molecule has 1 amide bonds. The number of likely N-dealkylation sites (tertiary alicyclic amines) is 1. The van der Waals surface area contributed by atoms with Crippen LogP contribution in [0.4, 0.5) is 0 Å². The number of nitrogens with zero attached hydrogens (tertiary/aromatic N) is 1. The number of fused-ring (bicyclic) bond motifs is 1. The van der Waals surface area contributed by atoms with E-state index < -0.39 is 0 Å². The fourth-order valence-electron chi connectivity index (χ4n) is 3.90. The Morgan fingerprint density at radius 1 is 1.29 bits per heavy atom. The Labute approximate surface area is 104 Å². The fraction of sp³-hybridized carbons (Fsp3) is 0.929. The van der Waals surface area contributed by atoms with Crippen LogP contribution >= 0.6 is 0 Å². The molecule has 96 valence electrons. The van der Waals surface area contributed by atoms with Crippen LogP contribution in [-0.4, -0.2) is 37.5 Å². The number of rotatable bonds is 3. The molecule has 3 rings (SSSR count). The molecule has 0 aromatic heterocycles. The molecule has 0 aromatic carbocycles. The number of hydrogen-bond donors (Lipinski definition) is 1. The van der Waals surface area contributed by atoms with Crippen LogP contribution < -0.4 is 5.32 Å². The Bertz CT molecular complexity index is 293. The van der Waals surface area contributed by atoms with Crippen LogP contribution in [-0.2, 0) is 4.79 Å². The van der Waals surface area contributed by atoms with Gasteiger partial charge in [-0.15, -0.1) is 0 Å². The van der Waals surface area contributed by atoms with Gasteiger partial charge in [-0.05, 0) is 63.5 Å². The van der Waals surface area contributed by atoms with E-state index in [9.17, 15) is 4.79 Å². The Hall–Kier alpha value is -0.570. The maximum Gasteiger partial charge on any atom is 0.225 e. The average molecular weight is 236 g/mol. The zero-order valence-electron chi connectivity index (χ0n) is 10.8. The lowest BCUT2D eigenvalue weighted by Gasteiger charge is -2.34. The van der Waals surface area contributed by atoms with Gasteiger partial charge in [0.25, 0.3) is 0 Å². The molecule has 0 aromatic rings. The normalized spacial score (nSPS) is 40.2. The lowest BCUT2D eigenvalue weighted by molar-refractivity contribution is -0.137. The van der Waals surface area contributed by atoms with Crippen LogP contribution in [0.3, 0.4) is 0 Å². The molecular weight excluding hydrogens is 212 g/mol. The number of carbonyl (C=O) groups is 1. The summed E-state index contributed by atoms with van der Waals surface area (Å²) >= 11 is 0. The first-order valence-electron chi connectivity index (χ1n) is 7.21. The summed E-state index contributed by atoms with van der Waals surface area (Å²) in [5.74, 6) is 3.36. The van der Waals surface area contributed by atoms with Crippen LogP contribution in [0.5, 0.6) is 0 Å². The van der Waals surface area contributed by atoms with Crippen molar-refractivity contribution in [2.24, 2.45) is 23.7 Å². The van der Waals surface area contributed by atoms with Crippen LogP contribution in [0.2, 0.25) is 0 Å². The molecule has 3 aliphatic rings. The van der Waals surface area contributed by atoms with Gasteiger partial charge >= 0.3 is 0 Å². The van der Waals surface area contributed by atoms with E-state index in [4.69, 9.17) is 0 Å². The first-order valence-corrected chi connectivity index (χ1v) is 7.21. The molecule has 2 aliphatic carbocycles. The second-order valence-electron chi connectivity index (χ2n) is 6.27. The fourth-order valence-corrected chi connectivity index (χ4v) is 3.90. The smallest absolute Gasteiger partial charge is 0.225 e. The maximum atomic E-state index is 12.4. The van der Waals surface area contributed by atoms with Gasteiger partial charge in [-0.3, -0.25) is 4.79 Å². The number of carbonyl (C=O) groups excluding carboxylic acids is 1. The average Bonchev–Trinajstić information content (AvgIpc) is 2.96. The second kappa shape index (κ2) is 4.60. The minimum absolute atomic E-state index is 0.382. The number of nitrogens with one attached hydrogen (secondary N) is 1. The van der Waals surface area contributed by atoms with Crippen molar-refractivity contribution in [1.29, 1.82) is 0 Å². The van der Waals surface area contributed by atoms with E-state index in [0.717, 1.165) is 31.5 Å². The van der Waals surface area contributed by atoms with Crippen molar-refractivity contribution in [3.63, 3.8) is 0 Å². The van der Waals surface area contributed by atoms with Gasteiger partial charge in [0.15, 0.2) is 0 Å². The van der Waals surface area contributed by atoms with Crippen LogP contribution in [0, 0.1) is 23.7 Å². The first-order chi connectivity index (χ1) is 8.28. The third kappa shape index (κ3) is 2.35. The van der Waals surface area contributed by atoms with Crippen LogP contribution in [0.1, 0.15) is 32.1 Å². The van der Waals surface area contributed by atoms with Crippen molar-refractivity contribution < 1.29 is 4.79 Å². The van der Waals surface area contributed by atoms with E-state index in [1.54, 1.807) is 0 Å². The highest BCUT2D eigenvalue weighted by molar-refractivity contribution is 5.79. The van der Waals surface area contributed by atoms with Crippen LogP contribution in [0.25, 0.3) is 0 Å². The molecule has 0 bridgehead atoms. The van der Waals surface area contributed by atoms with Gasteiger partial charge in [0.05, 0.1) is 0 Å². The highest BCUT2D eigenvalue weighted by atomic mass is 16.2. The molecule has 1 aliphatic heterocycles. The third-order valence-electron chi connectivity index (χ3n) is 4.92. The van der Waals surface area contributed by atoms with E-state index in [1.807, 2.05) is 7.05 Å². The molecule has 1 saturated heterocycles. The molecule has 17 heavy (non-hydrogen) atoms. The van der Waals surface area contributed by atoms with Crippen molar-refractivity contribution in [3.8, 4) is 0 Å². The van der Waals surface area contributed by atoms with E-state index in [0.29, 0.717) is 17.7 Å². The highest BCUT2D eigenvalue weighted by Gasteiger charge is 2.48. The van der Waals surface area contributed by atoms with Gasteiger partial charge in [-0.25, -0.2) is 0 Å². The number of piperidine rings is 1. The largest absolute Gasteiger partial charge is 0.342 e. The maximum absolute atomic E-state index is 12.4. The summed E-state index contributed by atoms with van der Waals surface area (Å²) in [6.45, 7) is 3.05. The van der Waals surface area contributed by atoms with E-state index in [2.05, 4.69) is 10.2 Å². The molecule has 3 unspecified atom stereocenters. The van der Waals surface area contributed by atoms with E-state index in [-0.39, 0.29) is 0 Å². The molecular formula is C14H24N2O. The lowest BCUT2D eigenvalue weighted by Crippen LogP contribution is -2.44. The molecule has 3 fully saturated rings. The first kappa shape index (κ1) is 11.5. The van der Waals surface area contributed by atoms with Crippen molar-refractivity contribution in [1.82, 2.24) is 10.2 Å². The van der Waals surface area contributed by atoms with Gasteiger partial charge in [0, 0.05) is 19.0 Å². The Kier molecular flexibility index (Phi) is 3.12. The molecule has 3 atom stereocenters. The topological polar surface area (TPSA) is 32.3 Å². The number of amides is 1. The minimum Gasteiger partial charge on any atom is -0.342 e. The third-order valence-corrected chi connectivity index (χ3v) is 4.92. The van der Waals surface area contributed by atoms with Crippen molar-refractivity contribution in [2.45, 2.75) is 32.1 Å². The quantitative estimate of drug-likeness (QED) is 0.805. The summed E-state index contributed by atoms with van der Waals surface area (Å²) in [5, 5.41) is 3.24. The van der Waals surface area contributed by atoms with Gasteiger partial charge in [-0.1, -0.05) is 0 Å². The predicted molar refractivity (Wildman–Crippen MR) is 67.6 cm³/mol. The highest BCUT2D eigenvalue weighted by Crippen LogP contribution is 2.54. The SMILES string of the molecule is CNCC1CCCN(C(=O)C2CC3CC3C2)C1. The zero-order valence-corrected chi connectivity index (χ0v) is 10.8. The number of hydrogen-bond acceptors (Lipinski definition) is 2. The summed E-state index contributed by atoms with van der Waals surface area (Å²) in [7, 11) is 2.01. The summed E-state index contributed by atoms with van der Waals surface area (Å²) in [6.07, 6.45) is 6.26. The molecule has 0 radical (unpaired) electrons. The summed E-state index contributed by atoms with van der Waals surface area (Å²) in [6, 6.07) is 0. The van der Waals surface area contributed by atoms with Crippen molar-refractivity contribution in [3.05, 3.63) is 0 Å². The molecule has 2 saturated carbocycles.